The minimum absolute atomic E-state index is 0.0714. The number of aliphatic imine (C=N–C) groups is 1. The summed E-state index contributed by atoms with van der Waals surface area (Å²) >= 11 is 0. The molecule has 0 bridgehead atoms. The smallest absolute Gasteiger partial charge is 0.407 e. The lowest BCUT2D eigenvalue weighted by atomic mass is 10.2. The fourth-order valence-electron chi connectivity index (χ4n) is 3.45. The number of carbonyl (C=O) groups excluding carboxylic acids is 1. The van der Waals surface area contributed by atoms with Crippen molar-refractivity contribution in [3.05, 3.63) is 36.0 Å². The second-order valence-electron chi connectivity index (χ2n) is 8.18. The van der Waals surface area contributed by atoms with Gasteiger partial charge in [0.2, 0.25) is 0 Å². The van der Waals surface area contributed by atoms with Crippen molar-refractivity contribution < 1.29 is 9.53 Å². The van der Waals surface area contributed by atoms with Crippen LogP contribution in [0.2, 0.25) is 0 Å². The van der Waals surface area contributed by atoms with Gasteiger partial charge in [-0.3, -0.25) is 4.99 Å². The Morgan fingerprint density at radius 3 is 2.86 bits per heavy atom. The summed E-state index contributed by atoms with van der Waals surface area (Å²) in [6.45, 7) is 7.98. The molecule has 1 atom stereocenters. The Bertz CT molecular complexity index is 804. The van der Waals surface area contributed by atoms with Crippen molar-refractivity contribution >= 4 is 23.0 Å². The number of likely N-dealkylation sites (tertiary alicyclic amines) is 1. The molecule has 1 aliphatic heterocycles. The summed E-state index contributed by atoms with van der Waals surface area (Å²) in [7, 11) is 1.79. The van der Waals surface area contributed by atoms with Crippen LogP contribution in [0.25, 0.3) is 10.9 Å². The number of aromatic amines is 1. The molecule has 7 nitrogen and oxygen atoms in total. The van der Waals surface area contributed by atoms with Crippen molar-refractivity contribution in [3.63, 3.8) is 0 Å². The number of benzene rings is 1. The molecule has 28 heavy (non-hydrogen) atoms. The molecule has 0 saturated carbocycles. The lowest BCUT2D eigenvalue weighted by Gasteiger charge is -2.23. The minimum atomic E-state index is -0.484. The first-order valence-corrected chi connectivity index (χ1v) is 9.86. The molecule has 2 heterocycles. The van der Waals surface area contributed by atoms with Crippen LogP contribution in [-0.4, -0.2) is 60.3 Å². The quantitative estimate of drug-likeness (QED) is 0.558. The summed E-state index contributed by atoms with van der Waals surface area (Å²) in [5.74, 6) is 0.865. The number of guanidine groups is 1. The first-order valence-electron chi connectivity index (χ1n) is 9.86. The van der Waals surface area contributed by atoms with E-state index in [-0.39, 0.29) is 12.1 Å². The number of aromatic nitrogens is 1. The Morgan fingerprint density at radius 2 is 2.14 bits per heavy atom. The largest absolute Gasteiger partial charge is 0.444 e. The highest BCUT2D eigenvalue weighted by Gasteiger charge is 2.27. The molecule has 1 aliphatic rings. The van der Waals surface area contributed by atoms with E-state index in [1.165, 1.54) is 11.1 Å². The van der Waals surface area contributed by atoms with Crippen molar-refractivity contribution in [1.29, 1.82) is 0 Å². The monoisotopic (exact) mass is 385 g/mol. The summed E-state index contributed by atoms with van der Waals surface area (Å²) in [4.78, 5) is 22.0. The number of fused-ring (bicyclic) bond motifs is 1. The predicted octanol–water partition coefficient (Wildman–Crippen LogP) is 2.88. The van der Waals surface area contributed by atoms with Crippen LogP contribution in [0.5, 0.6) is 0 Å². The van der Waals surface area contributed by atoms with Gasteiger partial charge in [-0.15, -0.1) is 0 Å². The third-order valence-corrected chi connectivity index (χ3v) is 4.68. The van der Waals surface area contributed by atoms with E-state index in [0.29, 0.717) is 0 Å². The average Bonchev–Trinajstić information content (AvgIpc) is 3.23. The van der Waals surface area contributed by atoms with Gasteiger partial charge in [-0.1, -0.05) is 18.2 Å². The number of rotatable bonds is 4. The van der Waals surface area contributed by atoms with E-state index in [0.717, 1.165) is 44.0 Å². The van der Waals surface area contributed by atoms with Crippen LogP contribution in [0.15, 0.2) is 35.3 Å². The van der Waals surface area contributed by atoms with Crippen molar-refractivity contribution in [2.75, 3.05) is 26.7 Å². The Morgan fingerprint density at radius 1 is 1.36 bits per heavy atom. The van der Waals surface area contributed by atoms with Gasteiger partial charge >= 0.3 is 6.09 Å². The van der Waals surface area contributed by atoms with E-state index in [1.807, 2.05) is 26.8 Å². The lowest BCUT2D eigenvalue weighted by Crippen LogP contribution is -2.44. The molecule has 0 unspecified atom stereocenters. The van der Waals surface area contributed by atoms with Gasteiger partial charge in [0.05, 0.1) is 6.04 Å². The van der Waals surface area contributed by atoms with Crippen molar-refractivity contribution in [2.24, 2.45) is 4.99 Å². The van der Waals surface area contributed by atoms with Crippen LogP contribution >= 0.6 is 0 Å². The Labute approximate surface area is 166 Å². The van der Waals surface area contributed by atoms with E-state index in [9.17, 15) is 4.79 Å². The zero-order chi connectivity index (χ0) is 20.1. The van der Waals surface area contributed by atoms with Crippen LogP contribution in [0, 0.1) is 0 Å². The lowest BCUT2D eigenvalue weighted by molar-refractivity contribution is 0.0507. The van der Waals surface area contributed by atoms with Gasteiger partial charge in [-0.25, -0.2) is 4.79 Å². The molecule has 1 aromatic heterocycles. The highest BCUT2D eigenvalue weighted by molar-refractivity contribution is 5.81. The second kappa shape index (κ2) is 8.54. The number of amides is 1. The number of carbonyl (C=O) groups is 1. The minimum Gasteiger partial charge on any atom is -0.444 e. The molecule has 0 spiro atoms. The van der Waals surface area contributed by atoms with Gasteiger partial charge in [-0.2, -0.15) is 0 Å². The Balaban J connectivity index is 1.46. The number of para-hydroxylation sites is 1. The summed E-state index contributed by atoms with van der Waals surface area (Å²) in [5.41, 5.74) is 1.88. The molecule has 3 N–H and O–H groups in total. The van der Waals surface area contributed by atoms with Gasteiger partial charge in [0, 0.05) is 44.3 Å². The van der Waals surface area contributed by atoms with Crippen LogP contribution in [-0.2, 0) is 11.2 Å². The molecule has 1 aromatic carbocycles. The summed E-state index contributed by atoms with van der Waals surface area (Å²) in [6.07, 6.45) is 1.41. The molecular formula is C21H31N5O2. The highest BCUT2D eigenvalue weighted by atomic mass is 16.6. The zero-order valence-electron chi connectivity index (χ0n) is 17.2. The molecular weight excluding hydrogens is 354 g/mol. The molecule has 0 radical (unpaired) electrons. The van der Waals surface area contributed by atoms with Crippen molar-refractivity contribution in [1.82, 2.24) is 20.5 Å². The fourth-order valence-corrected chi connectivity index (χ4v) is 3.45. The third-order valence-electron chi connectivity index (χ3n) is 4.68. The highest BCUT2D eigenvalue weighted by Crippen LogP contribution is 2.15. The van der Waals surface area contributed by atoms with E-state index in [4.69, 9.17) is 4.74 Å². The van der Waals surface area contributed by atoms with Crippen LogP contribution in [0.4, 0.5) is 4.79 Å². The maximum absolute atomic E-state index is 12.0. The molecule has 0 aliphatic carbocycles. The predicted molar refractivity (Wildman–Crippen MR) is 113 cm³/mol. The van der Waals surface area contributed by atoms with E-state index in [1.54, 1.807) is 7.05 Å². The first kappa shape index (κ1) is 20.0. The number of nitrogens with zero attached hydrogens (tertiary/aromatic N) is 2. The number of H-pyrrole nitrogens is 1. The van der Waals surface area contributed by atoms with Crippen molar-refractivity contribution in [2.45, 2.75) is 45.3 Å². The molecule has 1 amide bonds. The van der Waals surface area contributed by atoms with Crippen LogP contribution < -0.4 is 10.6 Å². The van der Waals surface area contributed by atoms with E-state index < -0.39 is 5.60 Å². The normalized spacial score (nSPS) is 17.8. The number of ether oxygens (including phenoxy) is 1. The fraction of sp³-hybridized carbons (Fsp3) is 0.524. The number of hydrogen-bond donors (Lipinski definition) is 3. The number of hydrogen-bond acceptors (Lipinski definition) is 3. The van der Waals surface area contributed by atoms with Gasteiger partial charge in [0.15, 0.2) is 5.96 Å². The molecule has 2 aromatic rings. The molecule has 152 valence electrons. The maximum Gasteiger partial charge on any atom is 0.407 e. The first-order chi connectivity index (χ1) is 13.3. The summed E-state index contributed by atoms with van der Waals surface area (Å²) in [5, 5.41) is 7.61. The van der Waals surface area contributed by atoms with Gasteiger partial charge in [0.25, 0.3) is 0 Å². The van der Waals surface area contributed by atoms with Crippen LogP contribution in [0.3, 0.4) is 0 Å². The maximum atomic E-state index is 12.0. The van der Waals surface area contributed by atoms with Gasteiger partial charge < -0.3 is 25.3 Å². The molecule has 3 rings (SSSR count). The third kappa shape index (κ3) is 5.41. The van der Waals surface area contributed by atoms with Crippen molar-refractivity contribution in [3.8, 4) is 0 Å². The van der Waals surface area contributed by atoms with Gasteiger partial charge in [0.1, 0.15) is 5.60 Å². The topological polar surface area (TPSA) is 81.8 Å². The standard InChI is InChI=1S/C21H31N5O2/c1-21(2,3)28-20(27)25-17-10-12-26(14-17)19(22-4)23-11-9-16-13-15-7-5-6-8-18(15)24-16/h5-8,13,17,24H,9-12,14H2,1-4H3,(H,22,23)(H,25,27)/t17-/m1/s1. The van der Waals surface area contributed by atoms with Crippen LogP contribution in [0.1, 0.15) is 32.9 Å². The average molecular weight is 386 g/mol. The Hall–Kier alpha value is -2.70. The Kier molecular flexibility index (Phi) is 6.11. The summed E-state index contributed by atoms with van der Waals surface area (Å²) in [6, 6.07) is 10.6. The second-order valence-corrected chi connectivity index (χ2v) is 8.18. The van der Waals surface area contributed by atoms with Gasteiger partial charge in [-0.05, 0) is 44.7 Å². The molecule has 7 heteroatoms. The molecule has 1 saturated heterocycles. The number of nitrogens with one attached hydrogen (secondary N) is 3. The number of alkyl carbamates (subject to hydrolysis) is 1. The SMILES string of the molecule is CN=C(NCCc1cc2ccccc2[nH]1)N1CC[C@@H](NC(=O)OC(C)(C)C)C1. The van der Waals surface area contributed by atoms with E-state index in [2.05, 4.69) is 49.8 Å². The van der Waals surface area contributed by atoms with E-state index >= 15 is 0 Å². The zero-order valence-corrected chi connectivity index (χ0v) is 17.2. The molecule has 1 fully saturated rings. The summed E-state index contributed by atoms with van der Waals surface area (Å²) < 4.78 is 5.34.